The number of nitrogens with two attached hydrogens (primary N) is 1. The van der Waals surface area contributed by atoms with Crippen molar-refractivity contribution in [2.75, 3.05) is 23.8 Å². The molecule has 0 aromatic carbocycles. The highest BCUT2D eigenvalue weighted by atomic mass is 32.2. The molecule has 3 N–H and O–H groups in total. The number of carbonyl (C=O) groups is 1. The van der Waals surface area contributed by atoms with Crippen LogP contribution < -0.4 is 11.1 Å². The van der Waals surface area contributed by atoms with Gasteiger partial charge in [0, 0.05) is 35.0 Å². The third kappa shape index (κ3) is 3.62. The molecule has 0 aliphatic heterocycles. The minimum atomic E-state index is -0.863. The van der Waals surface area contributed by atoms with Crippen molar-refractivity contribution >= 4 is 22.4 Å². The molecule has 0 saturated carbocycles. The Morgan fingerprint density at radius 3 is 3.00 bits per heavy atom. The average molecular weight is 241 g/mol. The molecular formula is C10H15N3O2S. The number of nitrogens with one attached hydrogen (secondary N) is 1. The average Bonchev–Trinajstić information content (AvgIpc) is 2.29. The summed E-state index contributed by atoms with van der Waals surface area (Å²) in [4.78, 5) is 15.4. The lowest BCUT2D eigenvalue weighted by atomic mass is 10.2. The molecule has 0 bridgehead atoms. The van der Waals surface area contributed by atoms with Crippen molar-refractivity contribution in [3.8, 4) is 0 Å². The molecule has 0 spiro atoms. The van der Waals surface area contributed by atoms with E-state index in [1.807, 2.05) is 6.92 Å². The van der Waals surface area contributed by atoms with E-state index in [2.05, 4.69) is 10.3 Å². The standard InChI is InChI=1S/C10H15N3O2S/c1-2-16(15)6-5-13-10(14)8-3-4-12-7-9(8)11/h3-4,7H,2,5-6,11H2,1H3,(H,13,14). The summed E-state index contributed by atoms with van der Waals surface area (Å²) in [7, 11) is -0.863. The molecule has 0 aliphatic carbocycles. The maximum atomic E-state index is 11.6. The summed E-state index contributed by atoms with van der Waals surface area (Å²) in [6.45, 7) is 2.24. The zero-order valence-corrected chi connectivity index (χ0v) is 9.92. The number of anilines is 1. The number of rotatable bonds is 5. The van der Waals surface area contributed by atoms with Crippen LogP contribution in [0.4, 0.5) is 5.69 Å². The van der Waals surface area contributed by atoms with Crippen LogP contribution >= 0.6 is 0 Å². The molecule has 0 fully saturated rings. The lowest BCUT2D eigenvalue weighted by Gasteiger charge is -2.06. The molecule has 1 amide bonds. The lowest BCUT2D eigenvalue weighted by molar-refractivity contribution is 0.0957. The van der Waals surface area contributed by atoms with Gasteiger partial charge in [0.2, 0.25) is 0 Å². The first-order chi connectivity index (χ1) is 7.65. The Balaban J connectivity index is 2.47. The second-order valence-corrected chi connectivity index (χ2v) is 5.02. The molecular weight excluding hydrogens is 226 g/mol. The smallest absolute Gasteiger partial charge is 0.253 e. The van der Waals surface area contributed by atoms with Crippen molar-refractivity contribution < 1.29 is 9.00 Å². The number of nitrogens with zero attached hydrogens (tertiary/aromatic N) is 1. The van der Waals surface area contributed by atoms with Crippen molar-refractivity contribution in [3.05, 3.63) is 24.0 Å². The number of amides is 1. The minimum absolute atomic E-state index is 0.256. The summed E-state index contributed by atoms with van der Waals surface area (Å²) in [5.74, 6) is 0.813. The number of carbonyl (C=O) groups excluding carboxylic acids is 1. The summed E-state index contributed by atoms with van der Waals surface area (Å²) in [6, 6.07) is 1.56. The number of hydrogen-bond donors (Lipinski definition) is 2. The first kappa shape index (κ1) is 12.6. The molecule has 5 nitrogen and oxygen atoms in total. The zero-order valence-electron chi connectivity index (χ0n) is 9.10. The van der Waals surface area contributed by atoms with Crippen LogP contribution in [-0.4, -0.2) is 33.2 Å². The third-order valence-electron chi connectivity index (χ3n) is 2.03. The summed E-state index contributed by atoms with van der Waals surface area (Å²) >= 11 is 0. The molecule has 6 heteroatoms. The van der Waals surface area contributed by atoms with Crippen molar-refractivity contribution in [2.24, 2.45) is 0 Å². The van der Waals surface area contributed by atoms with Gasteiger partial charge in [0.1, 0.15) is 0 Å². The van der Waals surface area contributed by atoms with Gasteiger partial charge >= 0.3 is 0 Å². The van der Waals surface area contributed by atoms with Crippen LogP contribution in [0.2, 0.25) is 0 Å². The molecule has 0 radical (unpaired) electrons. The van der Waals surface area contributed by atoms with Crippen molar-refractivity contribution in [1.29, 1.82) is 0 Å². The second kappa shape index (κ2) is 6.22. The third-order valence-corrected chi connectivity index (χ3v) is 3.34. The van der Waals surface area contributed by atoms with Crippen LogP contribution in [0.1, 0.15) is 17.3 Å². The first-order valence-corrected chi connectivity index (χ1v) is 6.46. The first-order valence-electron chi connectivity index (χ1n) is 4.97. The van der Waals surface area contributed by atoms with E-state index in [1.54, 1.807) is 6.07 Å². The van der Waals surface area contributed by atoms with Crippen molar-refractivity contribution in [2.45, 2.75) is 6.92 Å². The van der Waals surface area contributed by atoms with E-state index in [4.69, 9.17) is 5.73 Å². The summed E-state index contributed by atoms with van der Waals surface area (Å²) in [5, 5.41) is 2.67. The van der Waals surface area contributed by atoms with Crippen molar-refractivity contribution in [3.63, 3.8) is 0 Å². The van der Waals surface area contributed by atoms with Crippen LogP contribution in [0.25, 0.3) is 0 Å². The Kier molecular flexibility index (Phi) is 4.91. The summed E-state index contributed by atoms with van der Waals surface area (Å²) in [6.07, 6.45) is 2.94. The largest absolute Gasteiger partial charge is 0.397 e. The van der Waals surface area contributed by atoms with E-state index < -0.39 is 10.8 Å². The van der Waals surface area contributed by atoms with Crippen LogP contribution in [0.15, 0.2) is 18.5 Å². The number of nitrogen functional groups attached to an aromatic ring is 1. The molecule has 1 aromatic rings. The number of pyridine rings is 1. The number of hydrogen-bond acceptors (Lipinski definition) is 4. The molecule has 1 rings (SSSR count). The summed E-state index contributed by atoms with van der Waals surface area (Å²) < 4.78 is 11.1. The van der Waals surface area contributed by atoms with Gasteiger partial charge in [-0.3, -0.25) is 14.0 Å². The Labute approximate surface area is 96.9 Å². The Bertz CT molecular complexity index is 395. The fourth-order valence-corrected chi connectivity index (χ4v) is 1.75. The van der Waals surface area contributed by atoms with Gasteiger partial charge in [0.25, 0.3) is 5.91 Å². The van der Waals surface area contributed by atoms with E-state index in [-0.39, 0.29) is 5.91 Å². The number of aromatic nitrogens is 1. The topological polar surface area (TPSA) is 85.1 Å². The second-order valence-electron chi connectivity index (χ2n) is 3.15. The molecule has 1 aromatic heterocycles. The predicted molar refractivity (Wildman–Crippen MR) is 64.5 cm³/mol. The fraction of sp³-hybridized carbons (Fsp3) is 0.400. The maximum absolute atomic E-state index is 11.6. The lowest BCUT2D eigenvalue weighted by Crippen LogP contribution is -2.28. The molecule has 0 saturated heterocycles. The SMILES string of the molecule is CCS(=O)CCNC(=O)c1ccncc1N. The monoisotopic (exact) mass is 241 g/mol. The molecule has 1 unspecified atom stereocenters. The fourth-order valence-electron chi connectivity index (χ4n) is 1.13. The quantitative estimate of drug-likeness (QED) is 0.769. The van der Waals surface area contributed by atoms with E-state index in [0.29, 0.717) is 29.3 Å². The molecule has 1 heterocycles. The van der Waals surface area contributed by atoms with E-state index in [1.165, 1.54) is 12.4 Å². The highest BCUT2D eigenvalue weighted by Crippen LogP contribution is 2.07. The molecule has 1 atom stereocenters. The Morgan fingerprint density at radius 2 is 2.38 bits per heavy atom. The van der Waals surface area contributed by atoms with Gasteiger partial charge in [-0.15, -0.1) is 0 Å². The van der Waals surface area contributed by atoms with Gasteiger partial charge in [-0.05, 0) is 6.07 Å². The predicted octanol–water partition coefficient (Wildman–Crippen LogP) is 0.162. The van der Waals surface area contributed by atoms with E-state index in [0.717, 1.165) is 0 Å². The van der Waals surface area contributed by atoms with Gasteiger partial charge < -0.3 is 11.1 Å². The van der Waals surface area contributed by atoms with Crippen LogP contribution in [0, 0.1) is 0 Å². The normalized spacial score (nSPS) is 12.1. The minimum Gasteiger partial charge on any atom is -0.397 e. The van der Waals surface area contributed by atoms with Crippen molar-refractivity contribution in [1.82, 2.24) is 10.3 Å². The Hall–Kier alpha value is -1.43. The maximum Gasteiger partial charge on any atom is 0.253 e. The zero-order chi connectivity index (χ0) is 12.0. The van der Waals surface area contributed by atoms with Crippen LogP contribution in [-0.2, 0) is 10.8 Å². The van der Waals surface area contributed by atoms with E-state index >= 15 is 0 Å². The van der Waals surface area contributed by atoms with Gasteiger partial charge in [-0.2, -0.15) is 0 Å². The van der Waals surface area contributed by atoms with Gasteiger partial charge in [-0.1, -0.05) is 6.92 Å². The van der Waals surface area contributed by atoms with Gasteiger partial charge in [0.15, 0.2) is 0 Å². The Morgan fingerprint density at radius 1 is 1.62 bits per heavy atom. The van der Waals surface area contributed by atoms with Gasteiger partial charge in [-0.25, -0.2) is 0 Å². The molecule has 0 aliphatic rings. The molecule has 88 valence electrons. The summed E-state index contributed by atoms with van der Waals surface area (Å²) in [5.41, 5.74) is 6.34. The van der Waals surface area contributed by atoms with Gasteiger partial charge in [0.05, 0.1) is 17.4 Å². The van der Waals surface area contributed by atoms with Crippen LogP contribution in [0.5, 0.6) is 0 Å². The molecule has 16 heavy (non-hydrogen) atoms. The van der Waals surface area contributed by atoms with E-state index in [9.17, 15) is 9.00 Å². The highest BCUT2D eigenvalue weighted by molar-refractivity contribution is 7.84. The van der Waals surface area contributed by atoms with Crippen LogP contribution in [0.3, 0.4) is 0 Å². The highest BCUT2D eigenvalue weighted by Gasteiger charge is 2.08.